The number of hydrogen-bond acceptors (Lipinski definition) is 4. The van der Waals surface area contributed by atoms with E-state index in [4.69, 9.17) is 0 Å². The highest BCUT2D eigenvalue weighted by atomic mass is 16.3. The lowest BCUT2D eigenvalue weighted by Crippen LogP contribution is -2.52. The van der Waals surface area contributed by atoms with E-state index in [-0.39, 0.29) is 17.4 Å². The highest BCUT2D eigenvalue weighted by molar-refractivity contribution is 5.74. The maximum atomic E-state index is 12.3. The predicted molar refractivity (Wildman–Crippen MR) is 85.7 cm³/mol. The second-order valence-corrected chi connectivity index (χ2v) is 7.72. The molecule has 3 heterocycles. The van der Waals surface area contributed by atoms with E-state index in [0.29, 0.717) is 19.6 Å². The van der Waals surface area contributed by atoms with Gasteiger partial charge in [-0.2, -0.15) is 0 Å². The number of likely N-dealkylation sites (tertiary alicyclic amines) is 1. The Morgan fingerprint density at radius 2 is 2.13 bits per heavy atom. The van der Waals surface area contributed by atoms with Crippen LogP contribution in [-0.4, -0.2) is 50.0 Å². The Bertz CT molecular complexity index is 578. The number of aliphatic hydroxyl groups excluding tert-OH is 1. The van der Waals surface area contributed by atoms with Crippen LogP contribution in [-0.2, 0) is 19.5 Å². The van der Waals surface area contributed by atoms with Gasteiger partial charge in [-0.05, 0) is 24.2 Å². The van der Waals surface area contributed by atoms with Crippen molar-refractivity contribution < 1.29 is 9.90 Å². The molecule has 0 unspecified atom stereocenters. The van der Waals surface area contributed by atoms with Gasteiger partial charge in [-0.25, -0.2) is 4.79 Å². The van der Waals surface area contributed by atoms with Gasteiger partial charge in [-0.15, -0.1) is 10.2 Å². The largest absolute Gasteiger partial charge is 0.391 e. The third-order valence-corrected chi connectivity index (χ3v) is 5.07. The number of nitrogens with one attached hydrogen (secondary N) is 1. The van der Waals surface area contributed by atoms with Crippen LogP contribution in [0.5, 0.6) is 0 Å². The van der Waals surface area contributed by atoms with Crippen LogP contribution in [0.4, 0.5) is 4.79 Å². The summed E-state index contributed by atoms with van der Waals surface area (Å²) in [5.74, 6) is 2.05. The Morgan fingerprint density at radius 1 is 1.35 bits per heavy atom. The monoisotopic (exact) mass is 321 g/mol. The molecule has 1 fully saturated rings. The molecule has 2 amide bonds. The predicted octanol–water partition coefficient (Wildman–Crippen LogP) is 1.16. The third-order valence-electron chi connectivity index (χ3n) is 5.07. The molecule has 0 aromatic carbocycles. The van der Waals surface area contributed by atoms with Gasteiger partial charge in [0.15, 0.2) is 5.82 Å². The molecule has 7 heteroatoms. The normalized spacial score (nSPS) is 24.6. The summed E-state index contributed by atoms with van der Waals surface area (Å²) in [7, 11) is 0. The summed E-state index contributed by atoms with van der Waals surface area (Å²) in [6, 6.07) is -0.133. The summed E-state index contributed by atoms with van der Waals surface area (Å²) in [5.41, 5.74) is 0.0596. The maximum Gasteiger partial charge on any atom is 0.317 e. The van der Waals surface area contributed by atoms with Crippen LogP contribution < -0.4 is 5.32 Å². The number of aryl methyl sites for hydroxylation is 1. The van der Waals surface area contributed by atoms with Crippen LogP contribution in [0.1, 0.15) is 45.3 Å². The number of fused-ring (bicyclic) bond motifs is 1. The van der Waals surface area contributed by atoms with E-state index in [0.717, 1.165) is 37.5 Å². The van der Waals surface area contributed by atoms with E-state index in [1.165, 1.54) is 0 Å². The van der Waals surface area contributed by atoms with Crippen LogP contribution in [0.15, 0.2) is 0 Å². The van der Waals surface area contributed by atoms with Crippen molar-refractivity contribution in [2.75, 3.05) is 13.1 Å². The van der Waals surface area contributed by atoms with Gasteiger partial charge in [0.1, 0.15) is 5.82 Å². The molecule has 2 atom stereocenters. The molecule has 1 aromatic rings. The Hall–Kier alpha value is -1.63. The number of amides is 2. The van der Waals surface area contributed by atoms with Crippen LogP contribution >= 0.6 is 0 Å². The fourth-order valence-corrected chi connectivity index (χ4v) is 3.73. The van der Waals surface area contributed by atoms with E-state index in [1.807, 2.05) is 0 Å². The zero-order chi connectivity index (χ0) is 16.6. The van der Waals surface area contributed by atoms with E-state index < -0.39 is 6.10 Å². The Balaban J connectivity index is 1.53. The van der Waals surface area contributed by atoms with Crippen molar-refractivity contribution in [3.8, 4) is 0 Å². The molecular weight excluding hydrogens is 294 g/mol. The van der Waals surface area contributed by atoms with E-state index in [1.54, 1.807) is 4.90 Å². The summed E-state index contributed by atoms with van der Waals surface area (Å²) in [5, 5.41) is 21.6. The number of nitrogens with zero attached hydrogens (tertiary/aromatic N) is 4. The summed E-state index contributed by atoms with van der Waals surface area (Å²) in [4.78, 5) is 14.0. The molecule has 2 N–H and O–H groups in total. The first-order valence-electron chi connectivity index (χ1n) is 8.48. The average Bonchev–Trinajstić information content (AvgIpc) is 3.06. The van der Waals surface area contributed by atoms with Gasteiger partial charge < -0.3 is 19.9 Å². The van der Waals surface area contributed by atoms with E-state index in [2.05, 4.69) is 40.9 Å². The molecule has 0 spiro atoms. The number of carbonyl (C=O) groups excluding carboxylic acids is 1. The molecule has 7 nitrogen and oxygen atoms in total. The number of aromatic nitrogens is 3. The van der Waals surface area contributed by atoms with Gasteiger partial charge in [-0.3, -0.25) is 0 Å². The van der Waals surface area contributed by atoms with Crippen molar-refractivity contribution in [2.45, 2.75) is 59.2 Å². The minimum Gasteiger partial charge on any atom is -0.391 e. The molecule has 1 aromatic heterocycles. The van der Waals surface area contributed by atoms with Crippen LogP contribution in [0, 0.1) is 11.3 Å². The third kappa shape index (κ3) is 3.34. The lowest BCUT2D eigenvalue weighted by atomic mass is 9.74. The van der Waals surface area contributed by atoms with Gasteiger partial charge in [0, 0.05) is 26.1 Å². The quantitative estimate of drug-likeness (QED) is 0.856. The van der Waals surface area contributed by atoms with Crippen LogP contribution in [0.2, 0.25) is 0 Å². The molecule has 2 aliphatic rings. The van der Waals surface area contributed by atoms with Crippen molar-refractivity contribution in [3.05, 3.63) is 11.6 Å². The minimum absolute atomic E-state index is 0.0596. The van der Waals surface area contributed by atoms with Crippen molar-refractivity contribution in [3.63, 3.8) is 0 Å². The number of aliphatic hydroxyl groups is 1. The minimum atomic E-state index is -0.466. The highest BCUT2D eigenvalue weighted by Gasteiger charge is 2.37. The number of β-amino-alcohol motifs (C(OH)–C–C–N with tert-alkyl or cyclic N) is 1. The van der Waals surface area contributed by atoms with Crippen LogP contribution in [0.3, 0.4) is 0 Å². The van der Waals surface area contributed by atoms with E-state index in [9.17, 15) is 9.90 Å². The van der Waals surface area contributed by atoms with Crippen molar-refractivity contribution in [2.24, 2.45) is 11.3 Å². The van der Waals surface area contributed by atoms with Gasteiger partial charge in [-0.1, -0.05) is 20.8 Å². The first kappa shape index (κ1) is 16.2. The molecule has 0 aliphatic carbocycles. The Kier molecular flexibility index (Phi) is 4.31. The smallest absolute Gasteiger partial charge is 0.317 e. The highest BCUT2D eigenvalue weighted by Crippen LogP contribution is 2.34. The number of hydrogen-bond donors (Lipinski definition) is 2. The fourth-order valence-electron chi connectivity index (χ4n) is 3.73. The number of urea groups is 1. The van der Waals surface area contributed by atoms with Gasteiger partial charge >= 0.3 is 6.03 Å². The molecule has 128 valence electrons. The second-order valence-electron chi connectivity index (χ2n) is 7.72. The SMILES string of the molecule is CC(C)(C)[C@H]1CCN(C(=O)NCc2nnc3n2CCC3)C[C@H]1O. The maximum absolute atomic E-state index is 12.3. The van der Waals surface area contributed by atoms with Gasteiger partial charge in [0.2, 0.25) is 0 Å². The molecule has 23 heavy (non-hydrogen) atoms. The molecule has 3 rings (SSSR count). The van der Waals surface area contributed by atoms with Crippen molar-refractivity contribution in [1.82, 2.24) is 25.0 Å². The molecular formula is C16H27N5O2. The average molecular weight is 321 g/mol. The van der Waals surface area contributed by atoms with Crippen molar-refractivity contribution in [1.29, 1.82) is 0 Å². The zero-order valence-electron chi connectivity index (χ0n) is 14.2. The number of rotatable bonds is 2. The standard InChI is InChI=1S/C16H27N5O2/c1-16(2,3)11-6-8-20(10-12(11)22)15(23)17-9-14-19-18-13-5-4-7-21(13)14/h11-12,22H,4-10H2,1-3H3,(H,17,23)/t11-,12+/m0/s1. The van der Waals surface area contributed by atoms with Crippen LogP contribution in [0.25, 0.3) is 0 Å². The molecule has 2 aliphatic heterocycles. The fraction of sp³-hybridized carbons (Fsp3) is 0.812. The molecule has 0 radical (unpaired) electrons. The summed E-state index contributed by atoms with van der Waals surface area (Å²) < 4.78 is 2.08. The first-order chi connectivity index (χ1) is 10.9. The van der Waals surface area contributed by atoms with Gasteiger partial charge in [0.25, 0.3) is 0 Å². The van der Waals surface area contributed by atoms with Gasteiger partial charge in [0.05, 0.1) is 12.6 Å². The zero-order valence-corrected chi connectivity index (χ0v) is 14.2. The number of piperidine rings is 1. The lowest BCUT2D eigenvalue weighted by molar-refractivity contribution is -0.0124. The summed E-state index contributed by atoms with van der Waals surface area (Å²) >= 11 is 0. The first-order valence-corrected chi connectivity index (χ1v) is 8.48. The number of carbonyl (C=O) groups is 1. The topological polar surface area (TPSA) is 83.3 Å². The van der Waals surface area contributed by atoms with Crippen molar-refractivity contribution >= 4 is 6.03 Å². The lowest BCUT2D eigenvalue weighted by Gasteiger charge is -2.42. The summed E-state index contributed by atoms with van der Waals surface area (Å²) in [6.07, 6.45) is 2.43. The molecule has 1 saturated heterocycles. The summed E-state index contributed by atoms with van der Waals surface area (Å²) in [6.45, 7) is 8.83. The Morgan fingerprint density at radius 3 is 2.83 bits per heavy atom. The van der Waals surface area contributed by atoms with E-state index >= 15 is 0 Å². The molecule has 0 bridgehead atoms. The second kappa shape index (κ2) is 6.11. The Labute approximate surface area is 137 Å². The molecule has 0 saturated carbocycles.